The third kappa shape index (κ3) is 9.09. The van der Waals surface area contributed by atoms with Gasteiger partial charge in [-0.3, -0.25) is 4.90 Å². The molecule has 0 saturated carbocycles. The van der Waals surface area contributed by atoms with Crippen molar-refractivity contribution in [1.82, 2.24) is 4.90 Å². The van der Waals surface area contributed by atoms with E-state index in [4.69, 9.17) is 4.74 Å². The van der Waals surface area contributed by atoms with Gasteiger partial charge in [-0.2, -0.15) is 0 Å². The Bertz CT molecular complexity index is 178. The fraction of sp³-hybridized carbons (Fsp3) is 1.00. The Labute approximate surface area is 99.2 Å². The molecule has 0 aliphatic rings. The maximum absolute atomic E-state index is 9.75. The van der Waals surface area contributed by atoms with Crippen molar-refractivity contribution in [1.29, 1.82) is 0 Å². The summed E-state index contributed by atoms with van der Waals surface area (Å²) in [6, 6.07) is 0. The number of likely N-dealkylation sites (N-methyl/N-ethyl adjacent to an activating group) is 1. The van der Waals surface area contributed by atoms with Crippen molar-refractivity contribution >= 4 is 0 Å². The van der Waals surface area contributed by atoms with Gasteiger partial charge in [0.25, 0.3) is 0 Å². The molecule has 1 atom stereocenters. The maximum Gasteiger partial charge on any atom is 0.0900 e. The lowest BCUT2D eigenvalue weighted by Crippen LogP contribution is -2.43. The Balaban J connectivity index is 3.92. The van der Waals surface area contributed by atoms with Crippen LogP contribution >= 0.6 is 0 Å². The lowest BCUT2D eigenvalue weighted by molar-refractivity contribution is -0.0227. The van der Waals surface area contributed by atoms with Crippen molar-refractivity contribution < 1.29 is 14.9 Å². The van der Waals surface area contributed by atoms with Gasteiger partial charge in [0.1, 0.15) is 0 Å². The molecule has 0 aromatic rings. The van der Waals surface area contributed by atoms with E-state index in [1.54, 1.807) is 13.8 Å². The van der Waals surface area contributed by atoms with Crippen molar-refractivity contribution in [2.45, 2.75) is 52.4 Å². The molecule has 0 spiro atoms. The van der Waals surface area contributed by atoms with Crippen molar-refractivity contribution in [3.05, 3.63) is 0 Å². The van der Waals surface area contributed by atoms with E-state index in [1.807, 2.05) is 25.7 Å². The first kappa shape index (κ1) is 15.8. The molecule has 4 heteroatoms. The molecule has 98 valence electrons. The SMILES string of the molecule is CCN(CC(O)COC(C)C)CC(C)(C)O. The number of aliphatic hydroxyl groups is 2. The molecule has 0 aromatic carbocycles. The molecule has 0 aromatic heterocycles. The van der Waals surface area contributed by atoms with Crippen LogP contribution < -0.4 is 0 Å². The van der Waals surface area contributed by atoms with E-state index in [1.165, 1.54) is 0 Å². The number of rotatable bonds is 8. The molecule has 0 aliphatic carbocycles. The van der Waals surface area contributed by atoms with Crippen LogP contribution in [0.4, 0.5) is 0 Å². The zero-order valence-corrected chi connectivity index (χ0v) is 11.2. The molecule has 2 N–H and O–H groups in total. The predicted molar refractivity (Wildman–Crippen MR) is 65.5 cm³/mol. The van der Waals surface area contributed by atoms with Crippen molar-refractivity contribution in [2.24, 2.45) is 0 Å². The first-order chi connectivity index (χ1) is 7.24. The highest BCUT2D eigenvalue weighted by atomic mass is 16.5. The van der Waals surface area contributed by atoms with Gasteiger partial charge in [-0.1, -0.05) is 6.92 Å². The molecule has 0 bridgehead atoms. The lowest BCUT2D eigenvalue weighted by atomic mass is 10.1. The Morgan fingerprint density at radius 3 is 2.25 bits per heavy atom. The third-order valence-corrected chi connectivity index (χ3v) is 2.15. The van der Waals surface area contributed by atoms with Gasteiger partial charge in [0.2, 0.25) is 0 Å². The largest absolute Gasteiger partial charge is 0.389 e. The number of aliphatic hydroxyl groups excluding tert-OH is 1. The Hall–Kier alpha value is -0.160. The molecule has 0 rings (SSSR count). The van der Waals surface area contributed by atoms with Crippen molar-refractivity contribution in [2.75, 3.05) is 26.2 Å². The number of ether oxygens (including phenoxy) is 1. The lowest BCUT2D eigenvalue weighted by Gasteiger charge is -2.29. The van der Waals surface area contributed by atoms with Crippen LogP contribution in [0.1, 0.15) is 34.6 Å². The monoisotopic (exact) mass is 233 g/mol. The normalized spacial score (nSPS) is 14.8. The minimum atomic E-state index is -0.728. The van der Waals surface area contributed by atoms with Crippen LogP contribution in [0.15, 0.2) is 0 Å². The fourth-order valence-electron chi connectivity index (χ4n) is 1.51. The van der Waals surface area contributed by atoms with Crippen LogP contribution in [-0.2, 0) is 4.74 Å². The summed E-state index contributed by atoms with van der Waals surface area (Å²) in [4.78, 5) is 2.02. The summed E-state index contributed by atoms with van der Waals surface area (Å²) < 4.78 is 5.34. The van der Waals surface area contributed by atoms with Gasteiger partial charge in [-0.15, -0.1) is 0 Å². The molecule has 0 amide bonds. The predicted octanol–water partition coefficient (Wildman–Crippen LogP) is 0.865. The fourth-order valence-corrected chi connectivity index (χ4v) is 1.51. The molecule has 0 saturated heterocycles. The highest BCUT2D eigenvalue weighted by Crippen LogP contribution is 2.05. The van der Waals surface area contributed by atoms with E-state index < -0.39 is 11.7 Å². The van der Waals surface area contributed by atoms with Gasteiger partial charge < -0.3 is 14.9 Å². The quantitative estimate of drug-likeness (QED) is 0.653. The van der Waals surface area contributed by atoms with Gasteiger partial charge in [-0.05, 0) is 34.2 Å². The van der Waals surface area contributed by atoms with Crippen molar-refractivity contribution in [3.8, 4) is 0 Å². The van der Waals surface area contributed by atoms with E-state index in [0.717, 1.165) is 6.54 Å². The minimum absolute atomic E-state index is 0.138. The Morgan fingerprint density at radius 1 is 1.31 bits per heavy atom. The second-order valence-corrected chi connectivity index (χ2v) is 5.18. The van der Waals surface area contributed by atoms with Gasteiger partial charge in [0.15, 0.2) is 0 Å². The smallest absolute Gasteiger partial charge is 0.0900 e. The van der Waals surface area contributed by atoms with E-state index in [2.05, 4.69) is 0 Å². The summed E-state index contributed by atoms with van der Waals surface area (Å²) in [6.45, 7) is 11.7. The number of nitrogens with zero attached hydrogens (tertiary/aromatic N) is 1. The first-order valence-corrected chi connectivity index (χ1v) is 5.99. The highest BCUT2D eigenvalue weighted by molar-refractivity contribution is 4.73. The Kier molecular flexibility index (Phi) is 7.15. The summed E-state index contributed by atoms with van der Waals surface area (Å²) >= 11 is 0. The van der Waals surface area contributed by atoms with Gasteiger partial charge in [-0.25, -0.2) is 0 Å². The van der Waals surface area contributed by atoms with Crippen molar-refractivity contribution in [3.63, 3.8) is 0 Å². The summed E-state index contributed by atoms with van der Waals surface area (Å²) in [5, 5.41) is 19.4. The summed E-state index contributed by atoms with van der Waals surface area (Å²) in [5.74, 6) is 0. The average Bonchev–Trinajstić information content (AvgIpc) is 2.11. The van der Waals surface area contributed by atoms with Crippen LogP contribution in [0.2, 0.25) is 0 Å². The molecule has 0 radical (unpaired) electrons. The topological polar surface area (TPSA) is 52.9 Å². The molecule has 0 heterocycles. The highest BCUT2D eigenvalue weighted by Gasteiger charge is 2.19. The summed E-state index contributed by atoms with van der Waals surface area (Å²) in [6.07, 6.45) is -0.358. The second kappa shape index (κ2) is 7.22. The molecule has 0 aliphatic heterocycles. The van der Waals surface area contributed by atoms with Crippen LogP contribution in [-0.4, -0.2) is 59.2 Å². The van der Waals surface area contributed by atoms with Gasteiger partial charge in [0, 0.05) is 13.1 Å². The number of hydrogen-bond acceptors (Lipinski definition) is 4. The van der Waals surface area contributed by atoms with Crippen LogP contribution in [0.3, 0.4) is 0 Å². The number of hydrogen-bond donors (Lipinski definition) is 2. The zero-order valence-electron chi connectivity index (χ0n) is 11.2. The van der Waals surface area contributed by atoms with E-state index >= 15 is 0 Å². The first-order valence-electron chi connectivity index (χ1n) is 5.99. The minimum Gasteiger partial charge on any atom is -0.389 e. The van der Waals surface area contributed by atoms with E-state index in [9.17, 15) is 10.2 Å². The summed E-state index contributed by atoms with van der Waals surface area (Å²) in [5.41, 5.74) is -0.728. The molecule has 0 fully saturated rings. The molecular formula is C12H27NO3. The van der Waals surface area contributed by atoms with Gasteiger partial charge >= 0.3 is 0 Å². The van der Waals surface area contributed by atoms with E-state index in [0.29, 0.717) is 19.7 Å². The Morgan fingerprint density at radius 2 is 1.88 bits per heavy atom. The average molecular weight is 233 g/mol. The second-order valence-electron chi connectivity index (χ2n) is 5.18. The van der Waals surface area contributed by atoms with Crippen LogP contribution in [0.25, 0.3) is 0 Å². The van der Waals surface area contributed by atoms with Gasteiger partial charge in [0.05, 0.1) is 24.4 Å². The van der Waals surface area contributed by atoms with Crippen LogP contribution in [0, 0.1) is 0 Å². The van der Waals surface area contributed by atoms with E-state index in [-0.39, 0.29) is 6.10 Å². The summed E-state index contributed by atoms with van der Waals surface area (Å²) in [7, 11) is 0. The molecule has 16 heavy (non-hydrogen) atoms. The van der Waals surface area contributed by atoms with Crippen LogP contribution in [0.5, 0.6) is 0 Å². The third-order valence-electron chi connectivity index (χ3n) is 2.15. The molecule has 1 unspecified atom stereocenters. The standard InChI is InChI=1S/C12H27NO3/c1-6-13(9-12(4,5)15)7-11(14)8-16-10(2)3/h10-11,14-15H,6-9H2,1-5H3. The zero-order chi connectivity index (χ0) is 12.8. The maximum atomic E-state index is 9.75. The molecular weight excluding hydrogens is 206 g/mol. The molecule has 4 nitrogen and oxygen atoms in total.